The number of amides is 2. The van der Waals surface area contributed by atoms with Gasteiger partial charge in [0, 0.05) is 45.0 Å². The topological polar surface area (TPSA) is 43.9 Å². The van der Waals surface area contributed by atoms with E-state index >= 15 is 0 Å². The molecule has 3 aliphatic rings. The smallest absolute Gasteiger partial charge is 0.230 e. The van der Waals surface area contributed by atoms with Crippen molar-refractivity contribution in [2.45, 2.75) is 19.4 Å². The Bertz CT molecular complexity index is 905. The van der Waals surface area contributed by atoms with Gasteiger partial charge < -0.3 is 9.80 Å². The Morgan fingerprint density at radius 1 is 0.793 bits per heavy atom. The van der Waals surface area contributed by atoms with Crippen LogP contribution in [0.1, 0.15) is 17.5 Å². The van der Waals surface area contributed by atoms with Crippen molar-refractivity contribution in [3.63, 3.8) is 0 Å². The van der Waals surface area contributed by atoms with Crippen molar-refractivity contribution in [3.05, 3.63) is 65.7 Å². The van der Waals surface area contributed by atoms with E-state index in [-0.39, 0.29) is 23.7 Å². The van der Waals surface area contributed by atoms with Crippen LogP contribution in [0.5, 0.6) is 0 Å². The molecule has 150 valence electrons. The van der Waals surface area contributed by atoms with Gasteiger partial charge in [0.2, 0.25) is 11.8 Å². The Balaban J connectivity index is 1.14. The van der Waals surface area contributed by atoms with Crippen LogP contribution in [0.15, 0.2) is 54.6 Å². The third-order valence-corrected chi connectivity index (χ3v) is 6.51. The van der Waals surface area contributed by atoms with Crippen molar-refractivity contribution in [3.8, 4) is 0 Å². The molecule has 5 nitrogen and oxygen atoms in total. The number of hydrogen-bond donors (Lipinski definition) is 0. The highest BCUT2D eigenvalue weighted by molar-refractivity contribution is 6.02. The van der Waals surface area contributed by atoms with E-state index in [1.165, 1.54) is 11.1 Å². The molecule has 2 aliphatic heterocycles. The maximum Gasteiger partial charge on any atom is 0.230 e. The number of fused-ring (bicyclic) bond motifs is 1. The minimum absolute atomic E-state index is 0.115. The highest BCUT2D eigenvalue weighted by Gasteiger charge is 2.51. The molecule has 2 unspecified atom stereocenters. The number of hydrogen-bond acceptors (Lipinski definition) is 3. The minimum atomic E-state index is -0.129. The molecule has 1 saturated heterocycles. The van der Waals surface area contributed by atoms with E-state index in [1.807, 2.05) is 34.1 Å². The molecule has 5 rings (SSSR count). The monoisotopic (exact) mass is 389 g/mol. The summed E-state index contributed by atoms with van der Waals surface area (Å²) < 4.78 is 0. The SMILES string of the molecule is O=C(C1CC1C(=O)N1CCc2ccccc21)N1CCN(Cc2ccccc2)CC1. The summed E-state index contributed by atoms with van der Waals surface area (Å²) in [5.41, 5.74) is 3.58. The van der Waals surface area contributed by atoms with Gasteiger partial charge >= 0.3 is 0 Å². The summed E-state index contributed by atoms with van der Waals surface area (Å²) in [6, 6.07) is 18.6. The highest BCUT2D eigenvalue weighted by Crippen LogP contribution is 2.43. The number of para-hydroxylation sites is 1. The number of carbonyl (C=O) groups excluding carboxylic acids is 2. The van der Waals surface area contributed by atoms with Gasteiger partial charge in [-0.05, 0) is 30.0 Å². The van der Waals surface area contributed by atoms with Gasteiger partial charge in [-0.1, -0.05) is 48.5 Å². The highest BCUT2D eigenvalue weighted by atomic mass is 16.2. The fourth-order valence-electron chi connectivity index (χ4n) is 4.71. The van der Waals surface area contributed by atoms with E-state index in [1.54, 1.807) is 0 Å². The molecule has 5 heteroatoms. The second kappa shape index (κ2) is 7.64. The molecule has 2 heterocycles. The molecule has 2 amide bonds. The van der Waals surface area contributed by atoms with Crippen molar-refractivity contribution in [2.24, 2.45) is 11.8 Å². The molecule has 1 aliphatic carbocycles. The van der Waals surface area contributed by atoms with Crippen LogP contribution < -0.4 is 4.90 Å². The largest absolute Gasteiger partial charge is 0.340 e. The average molecular weight is 389 g/mol. The van der Waals surface area contributed by atoms with Crippen LogP contribution in [0.3, 0.4) is 0 Å². The Hall–Kier alpha value is -2.66. The second-order valence-corrected chi connectivity index (χ2v) is 8.40. The zero-order chi connectivity index (χ0) is 19.8. The first-order valence-electron chi connectivity index (χ1n) is 10.6. The van der Waals surface area contributed by atoms with E-state index in [9.17, 15) is 9.59 Å². The third kappa shape index (κ3) is 3.67. The van der Waals surface area contributed by atoms with Crippen molar-refractivity contribution in [1.82, 2.24) is 9.80 Å². The standard InChI is InChI=1S/C24H27N3O2/c28-23(26-14-12-25(13-15-26)17-18-6-2-1-3-7-18)20-16-21(20)24(29)27-11-10-19-8-4-5-9-22(19)27/h1-9,20-21H,10-17H2. The minimum Gasteiger partial charge on any atom is -0.340 e. The first-order valence-corrected chi connectivity index (χ1v) is 10.6. The summed E-state index contributed by atoms with van der Waals surface area (Å²) in [5, 5.41) is 0. The molecule has 0 N–H and O–H groups in total. The molecular formula is C24H27N3O2. The number of anilines is 1. The van der Waals surface area contributed by atoms with Crippen LogP contribution in [0, 0.1) is 11.8 Å². The van der Waals surface area contributed by atoms with Gasteiger partial charge in [-0.25, -0.2) is 0 Å². The van der Waals surface area contributed by atoms with Crippen molar-refractivity contribution in [2.75, 3.05) is 37.6 Å². The maximum absolute atomic E-state index is 13.0. The Morgan fingerprint density at radius 3 is 2.28 bits per heavy atom. The van der Waals surface area contributed by atoms with E-state index in [0.29, 0.717) is 6.42 Å². The van der Waals surface area contributed by atoms with Crippen LogP contribution in [0.2, 0.25) is 0 Å². The molecule has 0 radical (unpaired) electrons. The lowest BCUT2D eigenvalue weighted by Crippen LogP contribution is -2.49. The summed E-state index contributed by atoms with van der Waals surface area (Å²) in [6.07, 6.45) is 1.62. The van der Waals surface area contributed by atoms with E-state index in [2.05, 4.69) is 35.2 Å². The van der Waals surface area contributed by atoms with Crippen LogP contribution in [0.25, 0.3) is 0 Å². The molecule has 2 aromatic rings. The van der Waals surface area contributed by atoms with Crippen molar-refractivity contribution < 1.29 is 9.59 Å². The molecule has 0 bridgehead atoms. The summed E-state index contributed by atoms with van der Waals surface area (Å²) >= 11 is 0. The van der Waals surface area contributed by atoms with Crippen molar-refractivity contribution in [1.29, 1.82) is 0 Å². The number of benzene rings is 2. The van der Waals surface area contributed by atoms with Crippen LogP contribution in [0.4, 0.5) is 5.69 Å². The van der Waals surface area contributed by atoms with Gasteiger partial charge in [0.15, 0.2) is 0 Å². The summed E-state index contributed by atoms with van der Waals surface area (Å²) in [7, 11) is 0. The summed E-state index contributed by atoms with van der Waals surface area (Å²) in [5.74, 6) is 0.0677. The zero-order valence-electron chi connectivity index (χ0n) is 16.7. The van der Waals surface area contributed by atoms with Gasteiger partial charge in [-0.3, -0.25) is 14.5 Å². The molecular weight excluding hydrogens is 362 g/mol. The zero-order valence-corrected chi connectivity index (χ0v) is 16.7. The van der Waals surface area contributed by atoms with Crippen LogP contribution >= 0.6 is 0 Å². The van der Waals surface area contributed by atoms with E-state index in [4.69, 9.17) is 0 Å². The molecule has 0 aromatic heterocycles. The van der Waals surface area contributed by atoms with Crippen LogP contribution in [-0.2, 0) is 22.6 Å². The number of piperazine rings is 1. The molecule has 29 heavy (non-hydrogen) atoms. The lowest BCUT2D eigenvalue weighted by Gasteiger charge is -2.35. The summed E-state index contributed by atoms with van der Waals surface area (Å²) in [4.78, 5) is 32.2. The molecule has 1 saturated carbocycles. The predicted octanol–water partition coefficient (Wildman–Crippen LogP) is 2.56. The second-order valence-electron chi connectivity index (χ2n) is 8.40. The molecule has 2 fully saturated rings. The Morgan fingerprint density at radius 2 is 1.48 bits per heavy atom. The predicted molar refractivity (Wildman–Crippen MR) is 112 cm³/mol. The maximum atomic E-state index is 13.0. The van der Waals surface area contributed by atoms with Gasteiger partial charge in [0.25, 0.3) is 0 Å². The van der Waals surface area contributed by atoms with Gasteiger partial charge in [0.05, 0.1) is 11.8 Å². The van der Waals surface area contributed by atoms with Gasteiger partial charge in [-0.15, -0.1) is 0 Å². The number of carbonyl (C=O) groups is 2. The normalized spacial score (nSPS) is 23.7. The summed E-state index contributed by atoms with van der Waals surface area (Å²) in [6.45, 7) is 4.98. The van der Waals surface area contributed by atoms with E-state index < -0.39 is 0 Å². The van der Waals surface area contributed by atoms with E-state index in [0.717, 1.165) is 51.4 Å². The Labute approximate surface area is 171 Å². The Kier molecular flexibility index (Phi) is 4.84. The van der Waals surface area contributed by atoms with Gasteiger partial charge in [-0.2, -0.15) is 0 Å². The number of rotatable bonds is 4. The average Bonchev–Trinajstić information content (AvgIpc) is 3.45. The molecule has 2 atom stereocenters. The van der Waals surface area contributed by atoms with Gasteiger partial charge in [0.1, 0.15) is 0 Å². The van der Waals surface area contributed by atoms with Crippen molar-refractivity contribution >= 4 is 17.5 Å². The first-order chi connectivity index (χ1) is 14.2. The number of nitrogens with zero attached hydrogens (tertiary/aromatic N) is 3. The fourth-order valence-corrected chi connectivity index (χ4v) is 4.71. The fraction of sp³-hybridized carbons (Fsp3) is 0.417. The lowest BCUT2D eigenvalue weighted by atomic mass is 10.1. The molecule has 0 spiro atoms. The third-order valence-electron chi connectivity index (χ3n) is 6.51. The lowest BCUT2D eigenvalue weighted by molar-refractivity contribution is -0.136. The quantitative estimate of drug-likeness (QED) is 0.807. The van der Waals surface area contributed by atoms with Crippen LogP contribution in [-0.4, -0.2) is 54.3 Å². The first kappa shape index (κ1) is 18.4. The molecule has 2 aromatic carbocycles.